The molecule has 3 rings (SSSR count). The third kappa shape index (κ3) is 2.39. The summed E-state index contributed by atoms with van der Waals surface area (Å²) in [5.74, 6) is 0. The Morgan fingerprint density at radius 2 is 1.81 bits per heavy atom. The summed E-state index contributed by atoms with van der Waals surface area (Å²) in [7, 11) is 1.35. The van der Waals surface area contributed by atoms with E-state index in [1.54, 1.807) is 7.11 Å². The van der Waals surface area contributed by atoms with Gasteiger partial charge in [0.15, 0.2) is 0 Å². The number of benzene rings is 1. The zero-order chi connectivity index (χ0) is 15.3. The maximum atomic E-state index is 6.18. The summed E-state index contributed by atoms with van der Waals surface area (Å²) in [6, 6.07) is 6.28. The van der Waals surface area contributed by atoms with Gasteiger partial charge in [-0.2, -0.15) is 0 Å². The number of fused-ring (bicyclic) bond motifs is 1. The van der Waals surface area contributed by atoms with Crippen LogP contribution in [0.5, 0.6) is 0 Å². The molecule has 0 unspecified atom stereocenters. The molecule has 0 radical (unpaired) electrons. The smallest absolute Gasteiger partial charge is 0.399 e. The number of aromatic amines is 1. The Bertz CT molecular complexity index is 647. The molecule has 112 valence electrons. The first-order chi connectivity index (χ1) is 9.84. The molecule has 1 aromatic heterocycles. The van der Waals surface area contributed by atoms with Crippen LogP contribution in [0, 0.1) is 0 Å². The first-order valence-electron chi connectivity index (χ1n) is 7.28. The zero-order valence-electron chi connectivity index (χ0n) is 13.3. The topological polar surface area (TPSA) is 43.5 Å². The highest BCUT2D eigenvalue weighted by atomic mass is 16.7. The van der Waals surface area contributed by atoms with E-state index in [0.29, 0.717) is 6.61 Å². The van der Waals surface area contributed by atoms with Gasteiger partial charge in [-0.1, -0.05) is 6.07 Å². The molecule has 0 amide bonds. The number of ether oxygens (including phenoxy) is 1. The molecule has 0 saturated carbocycles. The van der Waals surface area contributed by atoms with Crippen LogP contribution < -0.4 is 5.46 Å². The van der Waals surface area contributed by atoms with Crippen LogP contribution in [-0.2, 0) is 20.7 Å². The summed E-state index contributed by atoms with van der Waals surface area (Å²) in [5, 5.41) is 1.13. The van der Waals surface area contributed by atoms with Crippen molar-refractivity contribution in [3.05, 3.63) is 30.0 Å². The molecule has 1 N–H and O–H groups in total. The van der Waals surface area contributed by atoms with Gasteiger partial charge in [0.2, 0.25) is 0 Å². The Morgan fingerprint density at radius 1 is 1.14 bits per heavy atom. The Morgan fingerprint density at radius 3 is 2.43 bits per heavy atom. The predicted octanol–water partition coefficient (Wildman–Crippen LogP) is 2.61. The van der Waals surface area contributed by atoms with Gasteiger partial charge in [-0.15, -0.1) is 0 Å². The quantitative estimate of drug-likeness (QED) is 0.882. The molecule has 21 heavy (non-hydrogen) atoms. The lowest BCUT2D eigenvalue weighted by Gasteiger charge is -2.32. The lowest BCUT2D eigenvalue weighted by Crippen LogP contribution is -2.41. The SMILES string of the molecule is COCc1cc(B2OC(C)(C)C(C)(C)O2)c2cc[nH]c2c1. The van der Waals surface area contributed by atoms with E-state index in [1.165, 1.54) is 0 Å². The van der Waals surface area contributed by atoms with Crippen molar-refractivity contribution in [2.24, 2.45) is 0 Å². The highest BCUT2D eigenvalue weighted by Gasteiger charge is 2.52. The molecule has 4 nitrogen and oxygen atoms in total. The molecule has 1 aliphatic heterocycles. The molecule has 1 saturated heterocycles. The van der Waals surface area contributed by atoms with Crippen molar-refractivity contribution in [2.75, 3.05) is 7.11 Å². The van der Waals surface area contributed by atoms with Crippen LogP contribution in [0.15, 0.2) is 24.4 Å². The molecule has 0 bridgehead atoms. The van der Waals surface area contributed by atoms with E-state index in [1.807, 2.05) is 6.20 Å². The number of rotatable bonds is 3. The van der Waals surface area contributed by atoms with Crippen molar-refractivity contribution >= 4 is 23.5 Å². The minimum atomic E-state index is -0.356. The monoisotopic (exact) mass is 287 g/mol. The fourth-order valence-electron chi connectivity index (χ4n) is 2.67. The lowest BCUT2D eigenvalue weighted by atomic mass is 9.76. The van der Waals surface area contributed by atoms with Gasteiger partial charge in [-0.05, 0) is 56.2 Å². The van der Waals surface area contributed by atoms with Gasteiger partial charge in [0.25, 0.3) is 0 Å². The van der Waals surface area contributed by atoms with Crippen molar-refractivity contribution in [2.45, 2.75) is 45.5 Å². The summed E-state index contributed by atoms with van der Waals surface area (Å²) >= 11 is 0. The second kappa shape index (κ2) is 4.87. The Labute approximate surface area is 125 Å². The Hall–Kier alpha value is -1.30. The molecule has 2 heterocycles. The van der Waals surface area contributed by atoms with Gasteiger partial charge in [0.1, 0.15) is 0 Å². The van der Waals surface area contributed by atoms with E-state index < -0.39 is 0 Å². The summed E-state index contributed by atoms with van der Waals surface area (Å²) in [5.41, 5.74) is 2.57. The van der Waals surface area contributed by atoms with Crippen molar-refractivity contribution < 1.29 is 14.0 Å². The van der Waals surface area contributed by atoms with Crippen LogP contribution in [0.25, 0.3) is 10.9 Å². The van der Waals surface area contributed by atoms with E-state index in [9.17, 15) is 0 Å². The number of H-pyrrole nitrogens is 1. The molecular formula is C16H22BNO3. The van der Waals surface area contributed by atoms with E-state index >= 15 is 0 Å². The molecule has 1 aromatic carbocycles. The number of aromatic nitrogens is 1. The average molecular weight is 287 g/mol. The van der Waals surface area contributed by atoms with Gasteiger partial charge < -0.3 is 19.0 Å². The minimum Gasteiger partial charge on any atom is -0.399 e. The summed E-state index contributed by atoms with van der Waals surface area (Å²) in [4.78, 5) is 3.26. The first kappa shape index (κ1) is 14.6. The van der Waals surface area contributed by atoms with Gasteiger partial charge in [0, 0.05) is 18.8 Å². The molecule has 1 aliphatic rings. The van der Waals surface area contributed by atoms with Crippen molar-refractivity contribution in [3.8, 4) is 0 Å². The standard InChI is InChI=1S/C16H22BNO3/c1-15(2)16(3,4)21-17(20-15)13-8-11(10-19-5)9-14-12(13)6-7-18-14/h6-9,18H,10H2,1-5H3. The maximum absolute atomic E-state index is 6.18. The van der Waals surface area contributed by atoms with Crippen molar-refractivity contribution in [3.63, 3.8) is 0 Å². The fraction of sp³-hybridized carbons (Fsp3) is 0.500. The zero-order valence-corrected chi connectivity index (χ0v) is 13.3. The van der Waals surface area contributed by atoms with E-state index in [-0.39, 0.29) is 18.3 Å². The van der Waals surface area contributed by atoms with Crippen molar-refractivity contribution in [1.82, 2.24) is 4.98 Å². The van der Waals surface area contributed by atoms with Crippen molar-refractivity contribution in [1.29, 1.82) is 0 Å². The molecule has 2 aromatic rings. The minimum absolute atomic E-state index is 0.336. The second-order valence-corrected chi connectivity index (χ2v) is 6.65. The summed E-state index contributed by atoms with van der Waals surface area (Å²) in [6.07, 6.45) is 1.94. The van der Waals surface area contributed by atoms with E-state index in [4.69, 9.17) is 14.0 Å². The van der Waals surface area contributed by atoms with Crippen LogP contribution in [-0.4, -0.2) is 30.4 Å². The van der Waals surface area contributed by atoms with Crippen LogP contribution >= 0.6 is 0 Å². The number of nitrogens with one attached hydrogen (secondary N) is 1. The van der Waals surface area contributed by atoms with Gasteiger partial charge in [-0.3, -0.25) is 0 Å². The average Bonchev–Trinajstić information content (AvgIpc) is 2.92. The molecule has 1 fully saturated rings. The number of methoxy groups -OCH3 is 1. The van der Waals surface area contributed by atoms with Crippen LogP contribution in [0.2, 0.25) is 0 Å². The maximum Gasteiger partial charge on any atom is 0.495 e. The first-order valence-corrected chi connectivity index (χ1v) is 7.28. The van der Waals surface area contributed by atoms with Gasteiger partial charge in [0.05, 0.1) is 17.8 Å². The molecular weight excluding hydrogens is 265 g/mol. The highest BCUT2D eigenvalue weighted by Crippen LogP contribution is 2.37. The normalized spacial score (nSPS) is 20.3. The lowest BCUT2D eigenvalue weighted by molar-refractivity contribution is 0.00578. The second-order valence-electron chi connectivity index (χ2n) is 6.65. The Kier molecular flexibility index (Phi) is 3.39. The number of hydrogen-bond acceptors (Lipinski definition) is 3. The van der Waals surface area contributed by atoms with Crippen LogP contribution in [0.4, 0.5) is 0 Å². The highest BCUT2D eigenvalue weighted by molar-refractivity contribution is 6.65. The molecule has 5 heteroatoms. The van der Waals surface area contributed by atoms with E-state index in [0.717, 1.165) is 21.9 Å². The fourth-order valence-corrected chi connectivity index (χ4v) is 2.67. The third-order valence-corrected chi connectivity index (χ3v) is 4.58. The Balaban J connectivity index is 2.06. The van der Waals surface area contributed by atoms with Gasteiger partial charge >= 0.3 is 7.12 Å². The largest absolute Gasteiger partial charge is 0.495 e. The third-order valence-electron chi connectivity index (χ3n) is 4.58. The summed E-state index contributed by atoms with van der Waals surface area (Å²) in [6.45, 7) is 8.85. The van der Waals surface area contributed by atoms with Crippen LogP contribution in [0.1, 0.15) is 33.3 Å². The van der Waals surface area contributed by atoms with E-state index in [2.05, 4.69) is 50.9 Å². The summed E-state index contributed by atoms with van der Waals surface area (Å²) < 4.78 is 17.6. The molecule has 0 spiro atoms. The molecule has 0 aliphatic carbocycles. The van der Waals surface area contributed by atoms with Crippen LogP contribution in [0.3, 0.4) is 0 Å². The molecule has 0 atom stereocenters. The predicted molar refractivity (Wildman–Crippen MR) is 84.7 cm³/mol. The van der Waals surface area contributed by atoms with Gasteiger partial charge in [-0.25, -0.2) is 0 Å². The number of hydrogen-bond donors (Lipinski definition) is 1.